The van der Waals surface area contributed by atoms with Gasteiger partial charge in [-0.05, 0) is 12.1 Å². The lowest BCUT2D eigenvalue weighted by Crippen LogP contribution is -2.15. The molecule has 1 aromatic heterocycles. The maximum Gasteiger partial charge on any atom is 0.234 e. The van der Waals surface area contributed by atoms with E-state index < -0.39 is 17.5 Å². The summed E-state index contributed by atoms with van der Waals surface area (Å²) in [6.07, 6.45) is 0. The van der Waals surface area contributed by atoms with E-state index >= 15 is 0 Å². The number of benzene rings is 1. The van der Waals surface area contributed by atoms with Crippen molar-refractivity contribution in [3.63, 3.8) is 0 Å². The van der Waals surface area contributed by atoms with E-state index in [2.05, 4.69) is 15.3 Å². The Balaban J connectivity index is 1.97. The summed E-state index contributed by atoms with van der Waals surface area (Å²) >= 11 is 0.976. The number of aromatic nitrogens is 2. The first-order valence-electron chi connectivity index (χ1n) is 5.72. The summed E-state index contributed by atoms with van der Waals surface area (Å²) in [5, 5.41) is 2.48. The third-order valence-corrected chi connectivity index (χ3v) is 3.13. The van der Waals surface area contributed by atoms with E-state index in [9.17, 15) is 13.6 Å². The molecule has 0 atom stereocenters. The fourth-order valence-corrected chi connectivity index (χ4v) is 2.11. The molecule has 0 aliphatic rings. The smallest absolute Gasteiger partial charge is 0.234 e. The van der Waals surface area contributed by atoms with Gasteiger partial charge in [-0.25, -0.2) is 18.7 Å². The molecule has 0 aliphatic heterocycles. The number of carbonyl (C=O) groups is 1. The number of amides is 1. The zero-order valence-electron chi connectivity index (χ0n) is 10.6. The van der Waals surface area contributed by atoms with Crippen molar-refractivity contribution in [3.05, 3.63) is 35.9 Å². The number of carbonyl (C=O) groups excluding carboxylic acids is 1. The van der Waals surface area contributed by atoms with E-state index in [1.54, 1.807) is 0 Å². The predicted molar refractivity (Wildman–Crippen MR) is 76.6 cm³/mol. The lowest BCUT2D eigenvalue weighted by Gasteiger charge is -2.06. The van der Waals surface area contributed by atoms with E-state index in [1.165, 1.54) is 6.07 Å². The highest BCUT2D eigenvalue weighted by Gasteiger charge is 2.10. The minimum atomic E-state index is -0.723. The fourth-order valence-electron chi connectivity index (χ4n) is 1.44. The van der Waals surface area contributed by atoms with E-state index in [4.69, 9.17) is 11.5 Å². The molecule has 2 aromatic rings. The number of halogens is 2. The summed E-state index contributed by atoms with van der Waals surface area (Å²) in [4.78, 5) is 19.4. The summed E-state index contributed by atoms with van der Waals surface area (Å²) in [5.41, 5.74) is 10.8. The van der Waals surface area contributed by atoms with Gasteiger partial charge in [-0.15, -0.1) is 0 Å². The molecule has 0 fully saturated rings. The van der Waals surface area contributed by atoms with Gasteiger partial charge in [-0.3, -0.25) is 4.79 Å². The molecule has 9 heteroatoms. The topological polar surface area (TPSA) is 107 Å². The predicted octanol–water partition coefficient (Wildman–Crippen LogP) is 1.65. The largest absolute Gasteiger partial charge is 0.383 e. The molecule has 0 bridgehead atoms. The Bertz CT molecular complexity index is 662. The minimum absolute atomic E-state index is 0.0984. The van der Waals surface area contributed by atoms with Crippen LogP contribution in [-0.2, 0) is 4.79 Å². The lowest BCUT2D eigenvalue weighted by molar-refractivity contribution is -0.113. The maximum atomic E-state index is 13.4. The Morgan fingerprint density at radius 2 is 1.86 bits per heavy atom. The standard InChI is InChI=1S/C12H11F2N5OS/c13-6-1-2-7(14)8(3-6)17-11(20)5-21-12-18-9(15)4-10(16)19-12/h1-4H,5H2,(H,17,20)(H4,15,16,18,19). The van der Waals surface area contributed by atoms with Crippen LogP contribution in [-0.4, -0.2) is 21.6 Å². The van der Waals surface area contributed by atoms with Crippen molar-refractivity contribution >= 4 is 35.0 Å². The number of anilines is 3. The molecule has 1 amide bonds. The van der Waals surface area contributed by atoms with Crippen LogP contribution >= 0.6 is 11.8 Å². The van der Waals surface area contributed by atoms with Crippen molar-refractivity contribution in [2.75, 3.05) is 22.5 Å². The monoisotopic (exact) mass is 311 g/mol. The third kappa shape index (κ3) is 4.28. The second kappa shape index (κ2) is 6.35. The van der Waals surface area contributed by atoms with Gasteiger partial charge in [0.1, 0.15) is 23.3 Å². The van der Waals surface area contributed by atoms with Crippen LogP contribution in [0.15, 0.2) is 29.4 Å². The number of hydrogen-bond acceptors (Lipinski definition) is 6. The van der Waals surface area contributed by atoms with Gasteiger partial charge < -0.3 is 16.8 Å². The Labute approximate surface area is 123 Å². The summed E-state index contributed by atoms with van der Waals surface area (Å²) in [6, 6.07) is 4.17. The molecule has 0 spiro atoms. The molecule has 110 valence electrons. The molecule has 0 saturated carbocycles. The molecule has 21 heavy (non-hydrogen) atoms. The molecule has 0 saturated heterocycles. The number of nitrogens with zero attached hydrogens (tertiary/aromatic N) is 2. The average molecular weight is 311 g/mol. The van der Waals surface area contributed by atoms with E-state index in [0.29, 0.717) is 0 Å². The molecule has 1 aromatic carbocycles. The van der Waals surface area contributed by atoms with E-state index in [-0.39, 0.29) is 28.2 Å². The third-order valence-electron chi connectivity index (χ3n) is 2.28. The molecule has 2 rings (SSSR count). The van der Waals surface area contributed by atoms with Crippen molar-refractivity contribution in [1.82, 2.24) is 9.97 Å². The Kier molecular flexibility index (Phi) is 4.53. The van der Waals surface area contributed by atoms with Gasteiger partial charge in [0.25, 0.3) is 0 Å². The number of hydrogen-bond donors (Lipinski definition) is 3. The molecule has 0 unspecified atom stereocenters. The quantitative estimate of drug-likeness (QED) is 0.585. The number of nitrogen functional groups attached to an aromatic ring is 2. The Morgan fingerprint density at radius 1 is 1.19 bits per heavy atom. The number of nitrogens with one attached hydrogen (secondary N) is 1. The molecular weight excluding hydrogens is 300 g/mol. The van der Waals surface area contributed by atoms with Gasteiger partial charge in [-0.2, -0.15) is 0 Å². The SMILES string of the molecule is Nc1cc(N)nc(SCC(=O)Nc2cc(F)ccc2F)n1. The van der Waals surface area contributed by atoms with Gasteiger partial charge >= 0.3 is 0 Å². The van der Waals surface area contributed by atoms with Crippen LogP contribution in [0.4, 0.5) is 26.1 Å². The first kappa shape index (κ1) is 15.0. The average Bonchev–Trinajstić information content (AvgIpc) is 2.40. The Hall–Kier alpha value is -2.42. The maximum absolute atomic E-state index is 13.4. The van der Waals surface area contributed by atoms with Crippen molar-refractivity contribution in [2.45, 2.75) is 5.16 Å². The summed E-state index contributed by atoms with van der Waals surface area (Å²) in [7, 11) is 0. The zero-order valence-corrected chi connectivity index (χ0v) is 11.5. The fraction of sp³-hybridized carbons (Fsp3) is 0.0833. The van der Waals surface area contributed by atoms with E-state index in [1.807, 2.05) is 0 Å². The summed E-state index contributed by atoms with van der Waals surface area (Å²) < 4.78 is 26.3. The first-order chi connectivity index (χ1) is 9.94. The van der Waals surface area contributed by atoms with Crippen molar-refractivity contribution in [1.29, 1.82) is 0 Å². The van der Waals surface area contributed by atoms with Crippen LogP contribution in [0.1, 0.15) is 0 Å². The van der Waals surface area contributed by atoms with Gasteiger partial charge in [0.2, 0.25) is 5.91 Å². The van der Waals surface area contributed by atoms with Crippen molar-refractivity contribution in [2.24, 2.45) is 0 Å². The van der Waals surface area contributed by atoms with Crippen molar-refractivity contribution < 1.29 is 13.6 Å². The highest BCUT2D eigenvalue weighted by molar-refractivity contribution is 7.99. The number of nitrogens with two attached hydrogens (primary N) is 2. The molecule has 6 nitrogen and oxygen atoms in total. The van der Waals surface area contributed by atoms with Crippen LogP contribution < -0.4 is 16.8 Å². The van der Waals surface area contributed by atoms with Crippen LogP contribution in [0.2, 0.25) is 0 Å². The second-order valence-electron chi connectivity index (χ2n) is 3.96. The summed E-state index contributed by atoms with van der Waals surface area (Å²) in [6.45, 7) is 0. The minimum Gasteiger partial charge on any atom is -0.383 e. The van der Waals surface area contributed by atoms with Gasteiger partial charge in [0.05, 0.1) is 11.4 Å². The van der Waals surface area contributed by atoms with E-state index in [0.717, 1.165) is 30.0 Å². The highest BCUT2D eigenvalue weighted by Crippen LogP contribution is 2.18. The number of rotatable bonds is 4. The van der Waals surface area contributed by atoms with Gasteiger partial charge in [0, 0.05) is 12.1 Å². The van der Waals surface area contributed by atoms with Crippen molar-refractivity contribution in [3.8, 4) is 0 Å². The highest BCUT2D eigenvalue weighted by atomic mass is 32.2. The number of thioether (sulfide) groups is 1. The molecular formula is C12H11F2N5OS. The van der Waals surface area contributed by atoms with Gasteiger partial charge in [-0.1, -0.05) is 11.8 Å². The zero-order chi connectivity index (χ0) is 15.4. The van der Waals surface area contributed by atoms with Crippen LogP contribution in [0.25, 0.3) is 0 Å². The van der Waals surface area contributed by atoms with Gasteiger partial charge in [0.15, 0.2) is 5.16 Å². The van der Waals surface area contributed by atoms with Crippen LogP contribution in [0.3, 0.4) is 0 Å². The molecule has 0 radical (unpaired) electrons. The molecule has 1 heterocycles. The first-order valence-corrected chi connectivity index (χ1v) is 6.70. The van der Waals surface area contributed by atoms with Crippen LogP contribution in [0, 0.1) is 11.6 Å². The lowest BCUT2D eigenvalue weighted by atomic mass is 10.3. The Morgan fingerprint density at radius 3 is 2.52 bits per heavy atom. The van der Waals surface area contributed by atoms with Crippen LogP contribution in [0.5, 0.6) is 0 Å². The summed E-state index contributed by atoms with van der Waals surface area (Å²) in [5.74, 6) is -1.64. The molecule has 0 aliphatic carbocycles. The molecule has 5 N–H and O–H groups in total. The second-order valence-corrected chi connectivity index (χ2v) is 4.90. The normalized spacial score (nSPS) is 10.4.